The third-order valence-electron chi connectivity index (χ3n) is 3.88. The maximum atomic E-state index is 12.3. The van der Waals surface area contributed by atoms with Crippen LogP contribution in [0, 0.1) is 13.8 Å². The molecule has 0 unspecified atom stereocenters. The van der Waals surface area contributed by atoms with Gasteiger partial charge in [-0.2, -0.15) is 0 Å². The molecule has 5 heteroatoms. The summed E-state index contributed by atoms with van der Waals surface area (Å²) in [6, 6.07) is 15.5. The molecule has 0 fully saturated rings. The summed E-state index contributed by atoms with van der Waals surface area (Å²) >= 11 is 7.53. The van der Waals surface area contributed by atoms with Crippen LogP contribution in [0.25, 0.3) is 0 Å². The smallest absolute Gasteiger partial charge is 0.261 e. The maximum Gasteiger partial charge on any atom is 0.261 e. The fourth-order valence-electron chi connectivity index (χ4n) is 2.66. The number of benzene rings is 2. The van der Waals surface area contributed by atoms with Crippen molar-refractivity contribution in [3.8, 4) is 5.75 Å². The number of carbonyl (C=O) groups is 1. The van der Waals surface area contributed by atoms with Gasteiger partial charge in [0.2, 0.25) is 0 Å². The zero-order valence-corrected chi connectivity index (χ0v) is 16.3. The van der Waals surface area contributed by atoms with E-state index >= 15 is 0 Å². The van der Waals surface area contributed by atoms with E-state index in [9.17, 15) is 4.79 Å². The van der Waals surface area contributed by atoms with Crippen molar-refractivity contribution in [2.75, 3.05) is 0 Å². The number of amides is 1. The van der Waals surface area contributed by atoms with E-state index in [0.29, 0.717) is 23.1 Å². The predicted molar refractivity (Wildman–Crippen MR) is 107 cm³/mol. The Morgan fingerprint density at radius 2 is 1.85 bits per heavy atom. The zero-order valence-electron chi connectivity index (χ0n) is 14.7. The van der Waals surface area contributed by atoms with Crippen LogP contribution in [0.3, 0.4) is 0 Å². The topological polar surface area (TPSA) is 38.3 Å². The van der Waals surface area contributed by atoms with E-state index in [1.807, 2.05) is 61.7 Å². The van der Waals surface area contributed by atoms with Crippen molar-refractivity contribution in [3.05, 3.63) is 86.1 Å². The quantitative estimate of drug-likeness (QED) is 0.606. The van der Waals surface area contributed by atoms with Crippen LogP contribution in [0.1, 0.15) is 31.9 Å². The van der Waals surface area contributed by atoms with E-state index in [2.05, 4.69) is 11.4 Å². The van der Waals surface area contributed by atoms with Crippen molar-refractivity contribution in [3.63, 3.8) is 0 Å². The van der Waals surface area contributed by atoms with Crippen LogP contribution in [0.15, 0.2) is 53.9 Å². The molecule has 0 saturated carbocycles. The Bertz CT molecular complexity index is 900. The highest BCUT2D eigenvalue weighted by Crippen LogP contribution is 2.21. The van der Waals surface area contributed by atoms with Gasteiger partial charge in [0.05, 0.1) is 4.88 Å². The lowest BCUT2D eigenvalue weighted by Gasteiger charge is -2.07. The molecule has 134 valence electrons. The molecule has 26 heavy (non-hydrogen) atoms. The van der Waals surface area contributed by atoms with Gasteiger partial charge in [0.1, 0.15) is 12.4 Å². The molecule has 0 aliphatic carbocycles. The van der Waals surface area contributed by atoms with Crippen LogP contribution in [-0.4, -0.2) is 5.91 Å². The molecule has 3 rings (SSSR count). The van der Waals surface area contributed by atoms with E-state index in [4.69, 9.17) is 16.3 Å². The largest absolute Gasteiger partial charge is 0.489 e. The fraction of sp³-hybridized carbons (Fsp3) is 0.190. The van der Waals surface area contributed by atoms with Crippen molar-refractivity contribution >= 4 is 28.8 Å². The molecule has 0 spiro atoms. The van der Waals surface area contributed by atoms with Gasteiger partial charge in [0.15, 0.2) is 0 Å². The third kappa shape index (κ3) is 4.87. The molecule has 1 aromatic heterocycles. The number of hydrogen-bond donors (Lipinski definition) is 1. The monoisotopic (exact) mass is 385 g/mol. The van der Waals surface area contributed by atoms with Crippen LogP contribution in [-0.2, 0) is 13.2 Å². The average Bonchev–Trinajstić information content (AvgIpc) is 3.07. The van der Waals surface area contributed by atoms with Crippen molar-refractivity contribution in [2.45, 2.75) is 27.0 Å². The van der Waals surface area contributed by atoms with Gasteiger partial charge in [-0.1, -0.05) is 35.9 Å². The molecule has 3 aromatic rings. The second-order valence-corrected chi connectivity index (χ2v) is 7.52. The number of carbonyl (C=O) groups excluding carboxylic acids is 1. The highest BCUT2D eigenvalue weighted by Gasteiger charge is 2.10. The first-order valence-electron chi connectivity index (χ1n) is 8.31. The van der Waals surface area contributed by atoms with Gasteiger partial charge in [-0.3, -0.25) is 4.79 Å². The van der Waals surface area contributed by atoms with Crippen LogP contribution in [0.5, 0.6) is 5.75 Å². The summed E-state index contributed by atoms with van der Waals surface area (Å²) in [7, 11) is 0. The first-order valence-corrected chi connectivity index (χ1v) is 9.57. The summed E-state index contributed by atoms with van der Waals surface area (Å²) in [5.74, 6) is 0.742. The Morgan fingerprint density at radius 3 is 2.58 bits per heavy atom. The molecule has 3 nitrogen and oxygen atoms in total. The summed E-state index contributed by atoms with van der Waals surface area (Å²) in [5, 5.41) is 5.51. The molecule has 0 bridgehead atoms. The van der Waals surface area contributed by atoms with E-state index in [1.54, 1.807) is 0 Å². The number of ether oxygens (including phenoxy) is 1. The van der Waals surface area contributed by atoms with Crippen LogP contribution >= 0.6 is 22.9 Å². The lowest BCUT2D eigenvalue weighted by atomic mass is 10.1. The lowest BCUT2D eigenvalue weighted by Crippen LogP contribution is -2.21. The number of hydrogen-bond acceptors (Lipinski definition) is 3. The van der Waals surface area contributed by atoms with Gasteiger partial charge in [0, 0.05) is 17.1 Å². The number of halogens is 1. The van der Waals surface area contributed by atoms with E-state index in [0.717, 1.165) is 16.9 Å². The first-order chi connectivity index (χ1) is 12.5. The molecule has 2 aromatic carbocycles. The summed E-state index contributed by atoms with van der Waals surface area (Å²) in [6.45, 7) is 4.94. The highest BCUT2D eigenvalue weighted by molar-refractivity contribution is 7.12. The SMILES string of the molecule is Cc1cc(C)cc(OCc2csc(C(=O)NCc3ccccc3Cl)c2)c1. The van der Waals surface area contributed by atoms with Gasteiger partial charge < -0.3 is 10.1 Å². The zero-order chi connectivity index (χ0) is 18.5. The predicted octanol–water partition coefficient (Wildman–Crippen LogP) is 5.53. The first kappa shape index (κ1) is 18.5. The lowest BCUT2D eigenvalue weighted by molar-refractivity contribution is 0.0955. The second kappa shape index (κ2) is 8.39. The Morgan fingerprint density at radius 1 is 1.12 bits per heavy atom. The number of thiophene rings is 1. The van der Waals surface area contributed by atoms with Gasteiger partial charge in [-0.25, -0.2) is 0 Å². The summed E-state index contributed by atoms with van der Waals surface area (Å²) in [5.41, 5.74) is 4.23. The molecule has 1 N–H and O–H groups in total. The Balaban J connectivity index is 1.57. The van der Waals surface area contributed by atoms with Gasteiger partial charge >= 0.3 is 0 Å². The molecule has 0 saturated heterocycles. The summed E-state index contributed by atoms with van der Waals surface area (Å²) in [6.07, 6.45) is 0. The van der Waals surface area contributed by atoms with Gasteiger partial charge in [-0.05, 0) is 60.2 Å². The summed E-state index contributed by atoms with van der Waals surface area (Å²) < 4.78 is 5.85. The molecular formula is C21H20ClNO2S. The molecular weight excluding hydrogens is 366 g/mol. The van der Waals surface area contributed by atoms with E-state index < -0.39 is 0 Å². The molecule has 0 radical (unpaired) electrons. The molecule has 1 heterocycles. The number of nitrogens with one attached hydrogen (secondary N) is 1. The Kier molecular flexibility index (Phi) is 5.96. The second-order valence-electron chi connectivity index (χ2n) is 6.21. The fourth-order valence-corrected chi connectivity index (χ4v) is 3.67. The van der Waals surface area contributed by atoms with Crippen molar-refractivity contribution in [2.24, 2.45) is 0 Å². The Labute approximate surface area is 162 Å². The van der Waals surface area contributed by atoms with Crippen molar-refractivity contribution < 1.29 is 9.53 Å². The number of aryl methyl sites for hydroxylation is 2. The minimum atomic E-state index is -0.104. The number of rotatable bonds is 6. The minimum absolute atomic E-state index is 0.104. The molecule has 0 aliphatic heterocycles. The van der Waals surface area contributed by atoms with E-state index in [1.165, 1.54) is 22.5 Å². The highest BCUT2D eigenvalue weighted by atomic mass is 35.5. The van der Waals surface area contributed by atoms with Crippen LogP contribution in [0.4, 0.5) is 0 Å². The standard InChI is InChI=1S/C21H20ClNO2S/c1-14-7-15(2)9-18(8-14)25-12-16-10-20(26-13-16)21(24)23-11-17-5-3-4-6-19(17)22/h3-10,13H,11-12H2,1-2H3,(H,23,24). The molecule has 1 amide bonds. The molecule has 0 atom stereocenters. The normalized spacial score (nSPS) is 10.6. The third-order valence-corrected chi connectivity index (χ3v) is 5.22. The van der Waals surface area contributed by atoms with Gasteiger partial charge in [-0.15, -0.1) is 11.3 Å². The molecule has 0 aliphatic rings. The van der Waals surface area contributed by atoms with E-state index in [-0.39, 0.29) is 5.91 Å². The minimum Gasteiger partial charge on any atom is -0.489 e. The summed E-state index contributed by atoms with van der Waals surface area (Å²) in [4.78, 5) is 13.0. The van der Waals surface area contributed by atoms with Crippen LogP contribution in [0.2, 0.25) is 5.02 Å². The van der Waals surface area contributed by atoms with Crippen molar-refractivity contribution in [1.29, 1.82) is 0 Å². The average molecular weight is 386 g/mol. The maximum absolute atomic E-state index is 12.3. The van der Waals surface area contributed by atoms with Crippen LogP contribution < -0.4 is 10.1 Å². The Hall–Kier alpha value is -2.30. The van der Waals surface area contributed by atoms with Gasteiger partial charge in [0.25, 0.3) is 5.91 Å². The van der Waals surface area contributed by atoms with Crippen molar-refractivity contribution in [1.82, 2.24) is 5.32 Å².